The number of carboxylic acids is 1. The molecule has 4 heteroatoms. The van der Waals surface area contributed by atoms with Crippen molar-refractivity contribution < 1.29 is 9.90 Å². The number of hydrogen-bond acceptors (Lipinski definition) is 3. The van der Waals surface area contributed by atoms with E-state index in [1.807, 2.05) is 26.0 Å². The van der Waals surface area contributed by atoms with Crippen molar-refractivity contribution in [1.82, 2.24) is 4.98 Å². The Labute approximate surface area is 116 Å². The van der Waals surface area contributed by atoms with Crippen molar-refractivity contribution in [2.75, 3.05) is 0 Å². The molecule has 0 unspecified atom stereocenters. The minimum atomic E-state index is -0.756. The van der Waals surface area contributed by atoms with E-state index in [1.54, 1.807) is 11.3 Å². The number of aromatic nitrogens is 1. The molecule has 0 amide bonds. The average Bonchev–Trinajstić information content (AvgIpc) is 3.06. The zero-order valence-electron chi connectivity index (χ0n) is 11.1. The van der Waals surface area contributed by atoms with Crippen LogP contribution in [0.15, 0.2) is 18.2 Å². The van der Waals surface area contributed by atoms with Crippen molar-refractivity contribution in [3.05, 3.63) is 28.8 Å². The monoisotopic (exact) mass is 275 g/mol. The molecular weight excluding hydrogens is 258 g/mol. The summed E-state index contributed by atoms with van der Waals surface area (Å²) < 4.78 is 1.18. The second kappa shape index (κ2) is 4.30. The van der Waals surface area contributed by atoms with Gasteiger partial charge in [-0.25, -0.2) is 4.98 Å². The molecule has 0 radical (unpaired) electrons. The highest BCUT2D eigenvalue weighted by Crippen LogP contribution is 2.43. The van der Waals surface area contributed by atoms with Crippen LogP contribution < -0.4 is 0 Å². The number of hydrogen-bond donors (Lipinski definition) is 1. The van der Waals surface area contributed by atoms with Gasteiger partial charge in [0.15, 0.2) is 0 Å². The highest BCUT2D eigenvalue weighted by molar-refractivity contribution is 7.18. The molecule has 1 saturated carbocycles. The lowest BCUT2D eigenvalue weighted by Gasteiger charge is -2.22. The summed E-state index contributed by atoms with van der Waals surface area (Å²) in [7, 11) is 0. The lowest BCUT2D eigenvalue weighted by atomic mass is 9.81. The van der Waals surface area contributed by atoms with Gasteiger partial charge in [-0.1, -0.05) is 19.9 Å². The van der Waals surface area contributed by atoms with Gasteiger partial charge in [-0.2, -0.15) is 0 Å². The Balaban J connectivity index is 1.98. The van der Waals surface area contributed by atoms with Crippen LogP contribution in [0.2, 0.25) is 0 Å². The van der Waals surface area contributed by atoms with Crippen LogP contribution in [0.25, 0.3) is 10.2 Å². The number of carboxylic acid groups (broad SMARTS) is 1. The summed E-state index contributed by atoms with van der Waals surface area (Å²) in [6, 6.07) is 6.15. The normalized spacial score (nSPS) is 15.9. The number of rotatable bonds is 4. The van der Waals surface area contributed by atoms with E-state index in [9.17, 15) is 4.79 Å². The maximum atomic E-state index is 10.9. The molecule has 2 aromatic rings. The minimum absolute atomic E-state index is 0.146. The molecule has 0 atom stereocenters. The number of nitrogens with zero attached hydrogens (tertiary/aromatic N) is 1. The van der Waals surface area contributed by atoms with Crippen molar-refractivity contribution in [3.8, 4) is 0 Å². The first-order valence-corrected chi connectivity index (χ1v) is 7.40. The van der Waals surface area contributed by atoms with Gasteiger partial charge in [0.25, 0.3) is 0 Å². The van der Waals surface area contributed by atoms with Crippen LogP contribution in [-0.2, 0) is 10.2 Å². The summed E-state index contributed by atoms with van der Waals surface area (Å²) >= 11 is 1.76. The van der Waals surface area contributed by atoms with Gasteiger partial charge in [0.1, 0.15) is 0 Å². The largest absolute Gasteiger partial charge is 0.481 e. The predicted molar refractivity (Wildman–Crippen MR) is 76.9 cm³/mol. The Morgan fingerprint density at radius 2 is 2.21 bits per heavy atom. The highest BCUT2D eigenvalue weighted by atomic mass is 32.1. The first-order chi connectivity index (χ1) is 8.95. The van der Waals surface area contributed by atoms with Gasteiger partial charge in [-0.15, -0.1) is 11.3 Å². The highest BCUT2D eigenvalue weighted by Gasteiger charge is 2.28. The molecule has 0 spiro atoms. The van der Waals surface area contributed by atoms with E-state index in [1.165, 1.54) is 22.5 Å². The molecule has 0 saturated heterocycles. The fourth-order valence-corrected chi connectivity index (χ4v) is 3.52. The van der Waals surface area contributed by atoms with Gasteiger partial charge in [0, 0.05) is 11.3 Å². The van der Waals surface area contributed by atoms with E-state index in [4.69, 9.17) is 5.11 Å². The van der Waals surface area contributed by atoms with Crippen molar-refractivity contribution in [2.45, 2.75) is 44.4 Å². The summed E-state index contributed by atoms with van der Waals surface area (Å²) in [6.45, 7) is 3.95. The third-order valence-electron chi connectivity index (χ3n) is 3.71. The predicted octanol–water partition coefficient (Wildman–Crippen LogP) is 3.93. The molecule has 3 rings (SSSR count). The fourth-order valence-electron chi connectivity index (χ4n) is 2.35. The van der Waals surface area contributed by atoms with Gasteiger partial charge in [-0.05, 0) is 30.5 Å². The summed E-state index contributed by atoms with van der Waals surface area (Å²) in [5.74, 6) is -0.0825. The number of thiazole rings is 1. The van der Waals surface area contributed by atoms with Crippen molar-refractivity contribution in [2.24, 2.45) is 0 Å². The van der Waals surface area contributed by atoms with E-state index < -0.39 is 5.97 Å². The van der Waals surface area contributed by atoms with Gasteiger partial charge in [0.2, 0.25) is 0 Å². The van der Waals surface area contributed by atoms with E-state index in [0.717, 1.165) is 11.1 Å². The van der Waals surface area contributed by atoms with Gasteiger partial charge < -0.3 is 5.11 Å². The van der Waals surface area contributed by atoms with Gasteiger partial charge >= 0.3 is 5.97 Å². The molecular formula is C15H17NO2S. The first kappa shape index (κ1) is 12.6. The average molecular weight is 275 g/mol. The second-order valence-electron chi connectivity index (χ2n) is 5.96. The minimum Gasteiger partial charge on any atom is -0.481 e. The Kier molecular flexibility index (Phi) is 2.86. The topological polar surface area (TPSA) is 50.2 Å². The van der Waals surface area contributed by atoms with Gasteiger partial charge in [-0.3, -0.25) is 4.79 Å². The standard InChI is InChI=1S/C15H17NO2S/c1-15(2,8-13(17)18)10-5-6-11-12(7-10)19-14(16-11)9-3-4-9/h5-7,9H,3-4,8H2,1-2H3,(H,17,18). The lowest BCUT2D eigenvalue weighted by molar-refractivity contribution is -0.138. The summed E-state index contributed by atoms with van der Waals surface area (Å²) in [4.78, 5) is 15.6. The molecule has 1 fully saturated rings. The number of carbonyl (C=O) groups is 1. The van der Waals surface area contributed by atoms with Crippen molar-refractivity contribution >= 4 is 27.5 Å². The number of fused-ring (bicyclic) bond motifs is 1. The number of benzene rings is 1. The summed E-state index contributed by atoms with van der Waals surface area (Å²) in [5, 5.41) is 10.2. The molecule has 3 nitrogen and oxygen atoms in total. The third kappa shape index (κ3) is 2.50. The quantitative estimate of drug-likeness (QED) is 0.919. The number of aliphatic carboxylic acids is 1. The van der Waals surface area contributed by atoms with Crippen LogP contribution in [0, 0.1) is 0 Å². The lowest BCUT2D eigenvalue weighted by Crippen LogP contribution is -2.21. The molecule has 1 aromatic heterocycles. The Bertz CT molecular complexity index is 641. The van der Waals surface area contributed by atoms with Crippen LogP contribution in [0.3, 0.4) is 0 Å². The van der Waals surface area contributed by atoms with Crippen LogP contribution in [0.5, 0.6) is 0 Å². The van der Waals surface area contributed by atoms with Gasteiger partial charge in [0.05, 0.1) is 21.6 Å². The smallest absolute Gasteiger partial charge is 0.304 e. The molecule has 100 valence electrons. The Morgan fingerprint density at radius 3 is 2.84 bits per heavy atom. The SMILES string of the molecule is CC(C)(CC(=O)O)c1ccc2nc(C3CC3)sc2c1. The molecule has 1 heterocycles. The van der Waals surface area contributed by atoms with Crippen molar-refractivity contribution in [1.29, 1.82) is 0 Å². The summed E-state index contributed by atoms with van der Waals surface area (Å²) in [5.41, 5.74) is 1.78. The molecule has 1 aliphatic rings. The van der Waals surface area contributed by atoms with E-state index in [-0.39, 0.29) is 11.8 Å². The Hall–Kier alpha value is -1.42. The maximum Gasteiger partial charge on any atom is 0.304 e. The van der Waals surface area contributed by atoms with Crippen LogP contribution in [-0.4, -0.2) is 16.1 Å². The van der Waals surface area contributed by atoms with E-state index in [0.29, 0.717) is 5.92 Å². The zero-order chi connectivity index (χ0) is 13.6. The maximum absolute atomic E-state index is 10.9. The zero-order valence-corrected chi connectivity index (χ0v) is 12.0. The third-order valence-corrected chi connectivity index (χ3v) is 4.89. The fraction of sp³-hybridized carbons (Fsp3) is 0.467. The van der Waals surface area contributed by atoms with Crippen molar-refractivity contribution in [3.63, 3.8) is 0 Å². The molecule has 0 aliphatic heterocycles. The molecule has 0 bridgehead atoms. The van der Waals surface area contributed by atoms with Crippen LogP contribution in [0.1, 0.15) is 49.6 Å². The van der Waals surface area contributed by atoms with E-state index >= 15 is 0 Å². The molecule has 19 heavy (non-hydrogen) atoms. The van der Waals surface area contributed by atoms with Crippen LogP contribution >= 0.6 is 11.3 Å². The molecule has 1 aromatic carbocycles. The van der Waals surface area contributed by atoms with Crippen LogP contribution in [0.4, 0.5) is 0 Å². The molecule has 1 N–H and O–H groups in total. The Morgan fingerprint density at radius 1 is 1.47 bits per heavy atom. The second-order valence-corrected chi connectivity index (χ2v) is 7.03. The molecule has 1 aliphatic carbocycles. The first-order valence-electron chi connectivity index (χ1n) is 6.58. The van der Waals surface area contributed by atoms with E-state index in [2.05, 4.69) is 11.1 Å². The summed E-state index contributed by atoms with van der Waals surface area (Å²) in [6.07, 6.45) is 2.67.